The van der Waals surface area contributed by atoms with Gasteiger partial charge in [0.05, 0.1) is 26.4 Å². The molecule has 1 aliphatic rings. The van der Waals surface area contributed by atoms with Crippen molar-refractivity contribution in [2.24, 2.45) is 0 Å². The van der Waals surface area contributed by atoms with E-state index in [0.717, 1.165) is 0 Å². The molecule has 2 aromatic carbocycles. The van der Waals surface area contributed by atoms with Crippen molar-refractivity contribution in [1.82, 2.24) is 0 Å². The second-order valence-corrected chi connectivity index (χ2v) is 6.67. The van der Waals surface area contributed by atoms with E-state index in [1.165, 1.54) is 19.1 Å². The number of rotatable bonds is 5. The summed E-state index contributed by atoms with van der Waals surface area (Å²) in [6, 6.07) is 13.3. The van der Waals surface area contributed by atoms with E-state index in [1.807, 2.05) is 0 Å². The minimum absolute atomic E-state index is 0.00278. The Kier molecular flexibility index (Phi) is 6.71. The quantitative estimate of drug-likeness (QED) is 0.728. The van der Waals surface area contributed by atoms with Gasteiger partial charge in [-0.2, -0.15) is 0 Å². The molecule has 30 heavy (non-hydrogen) atoms. The second-order valence-electron chi connectivity index (χ2n) is 6.23. The highest BCUT2D eigenvalue weighted by atomic mass is 35.5. The highest BCUT2D eigenvalue weighted by Crippen LogP contribution is 2.27. The van der Waals surface area contributed by atoms with Crippen LogP contribution in [0.4, 0.5) is 11.4 Å². The maximum atomic E-state index is 12.7. The van der Waals surface area contributed by atoms with Gasteiger partial charge in [0.2, 0.25) is 0 Å². The highest BCUT2D eigenvalue weighted by molar-refractivity contribution is 6.31. The molecule has 1 heterocycles. The Hall–Kier alpha value is -3.36. The molecular formula is C21H19ClN2O6. The Balaban J connectivity index is 1.94. The number of carbonyl (C=O) groups is 3. The van der Waals surface area contributed by atoms with Gasteiger partial charge in [0, 0.05) is 22.0 Å². The van der Waals surface area contributed by atoms with Crippen molar-refractivity contribution in [1.29, 1.82) is 0 Å². The van der Waals surface area contributed by atoms with Crippen LogP contribution in [0.25, 0.3) is 0 Å². The number of nitrogens with zero attached hydrogens (tertiary/aromatic N) is 1. The average molecular weight is 431 g/mol. The molecule has 0 saturated heterocycles. The number of benzene rings is 2. The van der Waals surface area contributed by atoms with Crippen molar-refractivity contribution in [3.05, 3.63) is 70.4 Å². The minimum atomic E-state index is -0.715. The first kappa shape index (κ1) is 21.4. The van der Waals surface area contributed by atoms with Crippen molar-refractivity contribution in [3.63, 3.8) is 0 Å². The van der Waals surface area contributed by atoms with Crippen LogP contribution < -0.4 is 10.2 Å². The predicted octanol–water partition coefficient (Wildman–Crippen LogP) is 2.99. The number of anilines is 2. The van der Waals surface area contributed by atoms with Crippen molar-refractivity contribution >= 4 is 40.8 Å². The average Bonchev–Trinajstić information content (AvgIpc) is 2.77. The fourth-order valence-electron chi connectivity index (χ4n) is 2.93. The lowest BCUT2D eigenvalue weighted by Gasteiger charge is -2.31. The van der Waals surface area contributed by atoms with Gasteiger partial charge in [-0.3, -0.25) is 4.79 Å². The Morgan fingerprint density at radius 2 is 1.77 bits per heavy atom. The molecular weight excluding hydrogens is 412 g/mol. The molecule has 2 aromatic rings. The van der Waals surface area contributed by atoms with Crippen LogP contribution in [0.3, 0.4) is 0 Å². The maximum absolute atomic E-state index is 12.7. The van der Waals surface area contributed by atoms with Gasteiger partial charge in [-0.15, -0.1) is 0 Å². The number of carbonyl (C=O) groups excluding carboxylic acids is 3. The minimum Gasteiger partial charge on any atom is -0.466 e. The number of hydrogen-bond donors (Lipinski definition) is 1. The van der Waals surface area contributed by atoms with Gasteiger partial charge in [0.1, 0.15) is 12.4 Å². The molecule has 0 aromatic heterocycles. The number of methoxy groups -OCH3 is 2. The zero-order valence-electron chi connectivity index (χ0n) is 16.3. The van der Waals surface area contributed by atoms with Gasteiger partial charge in [0.25, 0.3) is 5.91 Å². The Morgan fingerprint density at radius 1 is 1.03 bits per heavy atom. The van der Waals surface area contributed by atoms with Crippen molar-refractivity contribution in [2.45, 2.75) is 0 Å². The van der Waals surface area contributed by atoms with Crippen LogP contribution in [0.15, 0.2) is 59.8 Å². The Labute approximate surface area is 178 Å². The summed E-state index contributed by atoms with van der Waals surface area (Å²) in [6.45, 7) is -0.104. The summed E-state index contributed by atoms with van der Waals surface area (Å²) in [4.78, 5) is 38.6. The van der Waals surface area contributed by atoms with Gasteiger partial charge >= 0.3 is 11.9 Å². The van der Waals surface area contributed by atoms with Crippen LogP contribution in [0.5, 0.6) is 0 Å². The van der Waals surface area contributed by atoms with Crippen LogP contribution in [0.2, 0.25) is 5.02 Å². The van der Waals surface area contributed by atoms with E-state index in [1.54, 1.807) is 48.5 Å². The number of amides is 1. The molecule has 156 valence electrons. The topological polar surface area (TPSA) is 94.2 Å². The largest absolute Gasteiger partial charge is 0.466 e. The normalized spacial score (nSPS) is 13.6. The Morgan fingerprint density at radius 3 is 2.47 bits per heavy atom. The van der Waals surface area contributed by atoms with E-state index in [-0.39, 0.29) is 30.5 Å². The summed E-state index contributed by atoms with van der Waals surface area (Å²) in [5.41, 5.74) is 1.38. The van der Waals surface area contributed by atoms with Gasteiger partial charge in [-0.25, -0.2) is 9.59 Å². The fourth-order valence-corrected chi connectivity index (χ4v) is 3.12. The third kappa shape index (κ3) is 4.61. The van der Waals surface area contributed by atoms with Gasteiger partial charge in [0.15, 0.2) is 0 Å². The molecule has 0 fully saturated rings. The number of esters is 2. The molecule has 1 amide bonds. The third-order valence-electron chi connectivity index (χ3n) is 4.34. The van der Waals surface area contributed by atoms with Crippen molar-refractivity contribution in [2.75, 3.05) is 37.8 Å². The first-order chi connectivity index (χ1) is 14.4. The standard InChI is InChI=1S/C21H19ClN2O6/c1-28-20(26)17-11-30-12-24(18(17)21(27)29-2)16-8-3-5-13(9-16)19(25)23-15-7-4-6-14(22)10-15/h3-10H,11-12H2,1-2H3,(H,23,25). The van der Waals surface area contributed by atoms with E-state index in [4.69, 9.17) is 25.8 Å². The molecule has 8 nitrogen and oxygen atoms in total. The third-order valence-corrected chi connectivity index (χ3v) is 4.57. The Bertz CT molecular complexity index is 1020. The summed E-state index contributed by atoms with van der Waals surface area (Å²) >= 11 is 5.95. The van der Waals surface area contributed by atoms with Crippen molar-refractivity contribution < 1.29 is 28.6 Å². The molecule has 0 aliphatic carbocycles. The lowest BCUT2D eigenvalue weighted by Crippen LogP contribution is -2.38. The molecule has 0 atom stereocenters. The summed E-state index contributed by atoms with van der Waals surface area (Å²) in [6.07, 6.45) is 0. The first-order valence-electron chi connectivity index (χ1n) is 8.86. The lowest BCUT2D eigenvalue weighted by atomic mass is 10.1. The lowest BCUT2D eigenvalue weighted by molar-refractivity contribution is -0.140. The number of ether oxygens (including phenoxy) is 3. The van der Waals surface area contributed by atoms with Crippen LogP contribution in [-0.2, 0) is 23.8 Å². The summed E-state index contributed by atoms with van der Waals surface area (Å²) in [7, 11) is 2.43. The van der Waals surface area contributed by atoms with Crippen LogP contribution >= 0.6 is 11.6 Å². The zero-order valence-corrected chi connectivity index (χ0v) is 17.1. The molecule has 0 radical (unpaired) electrons. The van der Waals surface area contributed by atoms with E-state index in [0.29, 0.717) is 22.0 Å². The summed E-state index contributed by atoms with van der Waals surface area (Å²) < 4.78 is 15.0. The second kappa shape index (κ2) is 9.43. The molecule has 0 bridgehead atoms. The van der Waals surface area contributed by atoms with Gasteiger partial charge in [-0.1, -0.05) is 23.7 Å². The van der Waals surface area contributed by atoms with Crippen LogP contribution in [0.1, 0.15) is 10.4 Å². The van der Waals surface area contributed by atoms with E-state index in [2.05, 4.69) is 5.32 Å². The van der Waals surface area contributed by atoms with Crippen molar-refractivity contribution in [3.8, 4) is 0 Å². The van der Waals surface area contributed by atoms with Gasteiger partial charge in [-0.05, 0) is 36.4 Å². The molecule has 0 spiro atoms. The van der Waals surface area contributed by atoms with Gasteiger partial charge < -0.3 is 24.4 Å². The summed E-state index contributed by atoms with van der Waals surface area (Å²) in [5.74, 6) is -1.78. The molecule has 9 heteroatoms. The fraction of sp³-hybridized carbons (Fsp3) is 0.190. The van der Waals surface area contributed by atoms with E-state index in [9.17, 15) is 14.4 Å². The van der Waals surface area contributed by atoms with E-state index < -0.39 is 11.9 Å². The predicted molar refractivity (Wildman–Crippen MR) is 110 cm³/mol. The van der Waals surface area contributed by atoms with E-state index >= 15 is 0 Å². The smallest absolute Gasteiger partial charge is 0.355 e. The molecule has 1 aliphatic heterocycles. The van der Waals surface area contributed by atoms with Crippen LogP contribution in [0, 0.1) is 0 Å². The molecule has 3 rings (SSSR count). The maximum Gasteiger partial charge on any atom is 0.355 e. The first-order valence-corrected chi connectivity index (χ1v) is 9.24. The summed E-state index contributed by atoms with van der Waals surface area (Å²) in [5, 5.41) is 3.26. The molecule has 1 N–H and O–H groups in total. The number of hydrogen-bond acceptors (Lipinski definition) is 7. The highest BCUT2D eigenvalue weighted by Gasteiger charge is 2.32. The number of halogens is 1. The molecule has 0 unspecified atom stereocenters. The zero-order chi connectivity index (χ0) is 21.7. The van der Waals surface area contributed by atoms with Crippen LogP contribution in [-0.4, -0.2) is 45.4 Å². The number of nitrogens with one attached hydrogen (secondary N) is 1. The monoisotopic (exact) mass is 430 g/mol. The molecule has 0 saturated carbocycles. The SMILES string of the molecule is COC(=O)C1=C(C(=O)OC)N(c2cccc(C(=O)Nc3cccc(Cl)c3)c2)COC1.